The van der Waals surface area contributed by atoms with Gasteiger partial charge in [-0.2, -0.15) is 5.10 Å². The van der Waals surface area contributed by atoms with E-state index in [-0.39, 0.29) is 11.5 Å². The maximum atomic E-state index is 5.85. The molecular formula is C16H24N4O. The van der Waals surface area contributed by atoms with Gasteiger partial charge in [0.2, 0.25) is 0 Å². The second kappa shape index (κ2) is 5.87. The fraction of sp³-hybridized carbons (Fsp3) is 0.438. The van der Waals surface area contributed by atoms with Crippen molar-refractivity contribution in [1.82, 2.24) is 15.2 Å². The monoisotopic (exact) mass is 288 g/mol. The number of nitrogens with one attached hydrogen (secondary N) is 1. The van der Waals surface area contributed by atoms with Crippen molar-refractivity contribution < 1.29 is 4.74 Å². The summed E-state index contributed by atoms with van der Waals surface area (Å²) in [6, 6.07) is 8.14. The lowest BCUT2D eigenvalue weighted by molar-refractivity contribution is 0.400. The van der Waals surface area contributed by atoms with Crippen LogP contribution in [0.15, 0.2) is 30.5 Å². The van der Waals surface area contributed by atoms with Crippen molar-refractivity contribution in [2.24, 2.45) is 12.9 Å². The van der Waals surface area contributed by atoms with Gasteiger partial charge in [-0.3, -0.25) is 10.5 Å². The van der Waals surface area contributed by atoms with E-state index in [1.165, 1.54) is 5.56 Å². The number of hydrogen-bond donors (Lipinski definition) is 2. The number of benzene rings is 1. The van der Waals surface area contributed by atoms with E-state index in [0.29, 0.717) is 0 Å². The Morgan fingerprint density at radius 3 is 2.52 bits per heavy atom. The Bertz CT molecular complexity index is 613. The predicted molar refractivity (Wildman–Crippen MR) is 84.1 cm³/mol. The maximum absolute atomic E-state index is 5.85. The largest absolute Gasteiger partial charge is 0.493 e. The lowest BCUT2D eigenvalue weighted by atomic mass is 9.81. The molecule has 0 spiro atoms. The predicted octanol–water partition coefficient (Wildman–Crippen LogP) is 2.28. The minimum absolute atomic E-state index is 0.0253. The van der Waals surface area contributed by atoms with Crippen LogP contribution < -0.4 is 16.0 Å². The molecule has 0 aliphatic carbocycles. The van der Waals surface area contributed by atoms with Crippen LogP contribution in [0, 0.1) is 0 Å². The standard InChI is InChI=1S/C16H24N4O/c1-16(2,3)12-9-7-6-8-11(12)14(19-17)15-13(21-5)10-18-20(15)4/h6-10,14,19H,17H2,1-5H3. The SMILES string of the molecule is COc1cnn(C)c1C(NN)c1ccccc1C(C)(C)C. The zero-order valence-electron chi connectivity index (χ0n) is 13.3. The smallest absolute Gasteiger partial charge is 0.161 e. The molecule has 1 atom stereocenters. The minimum atomic E-state index is -0.178. The van der Waals surface area contributed by atoms with Crippen LogP contribution in [0.2, 0.25) is 0 Å². The molecule has 0 bridgehead atoms. The molecule has 5 nitrogen and oxygen atoms in total. The van der Waals surface area contributed by atoms with E-state index in [9.17, 15) is 0 Å². The second-order valence-electron chi connectivity index (χ2n) is 6.16. The second-order valence-corrected chi connectivity index (χ2v) is 6.16. The zero-order valence-corrected chi connectivity index (χ0v) is 13.3. The lowest BCUT2D eigenvalue weighted by Crippen LogP contribution is -2.32. The van der Waals surface area contributed by atoms with Gasteiger partial charge in [0.05, 0.1) is 19.3 Å². The first kappa shape index (κ1) is 15.5. The molecule has 2 rings (SSSR count). The number of methoxy groups -OCH3 is 1. The van der Waals surface area contributed by atoms with Crippen LogP contribution in [-0.4, -0.2) is 16.9 Å². The first-order valence-corrected chi connectivity index (χ1v) is 7.01. The first-order valence-electron chi connectivity index (χ1n) is 7.01. The van der Waals surface area contributed by atoms with Gasteiger partial charge in [-0.05, 0) is 16.5 Å². The Hall–Kier alpha value is -1.85. The Morgan fingerprint density at radius 2 is 1.95 bits per heavy atom. The topological polar surface area (TPSA) is 65.1 Å². The van der Waals surface area contributed by atoms with Gasteiger partial charge < -0.3 is 4.74 Å². The maximum Gasteiger partial charge on any atom is 0.161 e. The van der Waals surface area contributed by atoms with Crippen LogP contribution in [0.3, 0.4) is 0 Å². The van der Waals surface area contributed by atoms with Crippen LogP contribution >= 0.6 is 0 Å². The number of aryl methyl sites for hydroxylation is 1. The third kappa shape index (κ3) is 2.94. The van der Waals surface area contributed by atoms with E-state index < -0.39 is 0 Å². The van der Waals surface area contributed by atoms with E-state index >= 15 is 0 Å². The molecule has 1 aromatic carbocycles. The van der Waals surface area contributed by atoms with Gasteiger partial charge >= 0.3 is 0 Å². The molecule has 3 N–H and O–H groups in total. The Morgan fingerprint density at radius 1 is 1.29 bits per heavy atom. The van der Waals surface area contributed by atoms with Crippen molar-refractivity contribution in [3.05, 3.63) is 47.3 Å². The lowest BCUT2D eigenvalue weighted by Gasteiger charge is -2.27. The fourth-order valence-corrected chi connectivity index (χ4v) is 2.66. The number of nitrogens with two attached hydrogens (primary N) is 1. The molecule has 0 amide bonds. The van der Waals surface area contributed by atoms with Gasteiger partial charge in [0.1, 0.15) is 5.69 Å². The van der Waals surface area contributed by atoms with Crippen molar-refractivity contribution in [3.63, 3.8) is 0 Å². The Kier molecular flexibility index (Phi) is 4.34. The van der Waals surface area contributed by atoms with Crippen molar-refractivity contribution in [2.45, 2.75) is 32.2 Å². The molecule has 1 aromatic heterocycles. The number of hydrogen-bond acceptors (Lipinski definition) is 4. The number of ether oxygens (including phenoxy) is 1. The summed E-state index contributed by atoms with van der Waals surface area (Å²) in [4.78, 5) is 0. The van der Waals surface area contributed by atoms with Gasteiger partial charge in [-0.1, -0.05) is 45.0 Å². The van der Waals surface area contributed by atoms with E-state index in [1.807, 2.05) is 13.1 Å². The summed E-state index contributed by atoms with van der Waals surface area (Å²) in [7, 11) is 3.53. The normalized spacial score (nSPS) is 13.2. The van der Waals surface area contributed by atoms with Crippen molar-refractivity contribution in [1.29, 1.82) is 0 Å². The molecule has 1 unspecified atom stereocenters. The average molecular weight is 288 g/mol. The van der Waals surface area contributed by atoms with Crippen LogP contribution in [0.25, 0.3) is 0 Å². The summed E-state index contributed by atoms with van der Waals surface area (Å²) in [5, 5.41) is 4.27. The van der Waals surface area contributed by atoms with Crippen molar-refractivity contribution in [3.8, 4) is 5.75 Å². The van der Waals surface area contributed by atoms with Gasteiger partial charge in [0.15, 0.2) is 5.75 Å². The summed E-state index contributed by atoms with van der Waals surface area (Å²) in [5.41, 5.74) is 6.23. The molecule has 5 heteroatoms. The van der Waals surface area contributed by atoms with Crippen molar-refractivity contribution >= 4 is 0 Å². The number of hydrazine groups is 1. The fourth-order valence-electron chi connectivity index (χ4n) is 2.66. The first-order chi connectivity index (χ1) is 9.90. The highest BCUT2D eigenvalue weighted by molar-refractivity contribution is 5.42. The molecule has 1 heterocycles. The summed E-state index contributed by atoms with van der Waals surface area (Å²) < 4.78 is 7.21. The van der Waals surface area contributed by atoms with E-state index in [2.05, 4.69) is 49.5 Å². The van der Waals surface area contributed by atoms with Gasteiger partial charge in [0.25, 0.3) is 0 Å². The molecular weight excluding hydrogens is 264 g/mol. The molecule has 0 fully saturated rings. The molecule has 114 valence electrons. The number of aromatic nitrogens is 2. The highest BCUT2D eigenvalue weighted by Gasteiger charge is 2.27. The molecule has 21 heavy (non-hydrogen) atoms. The van der Waals surface area contributed by atoms with Gasteiger partial charge in [-0.15, -0.1) is 0 Å². The third-order valence-corrected chi connectivity index (χ3v) is 3.69. The average Bonchev–Trinajstić information content (AvgIpc) is 2.81. The molecule has 0 radical (unpaired) electrons. The molecule has 0 saturated carbocycles. The van der Waals surface area contributed by atoms with E-state index in [0.717, 1.165) is 17.0 Å². The molecule has 0 saturated heterocycles. The third-order valence-electron chi connectivity index (χ3n) is 3.69. The zero-order chi connectivity index (χ0) is 15.6. The van der Waals surface area contributed by atoms with E-state index in [4.69, 9.17) is 10.6 Å². The highest BCUT2D eigenvalue weighted by Crippen LogP contribution is 2.35. The van der Waals surface area contributed by atoms with Crippen LogP contribution in [0.4, 0.5) is 0 Å². The van der Waals surface area contributed by atoms with Crippen LogP contribution in [0.1, 0.15) is 43.6 Å². The van der Waals surface area contributed by atoms with Crippen molar-refractivity contribution in [2.75, 3.05) is 7.11 Å². The minimum Gasteiger partial charge on any atom is -0.493 e. The quantitative estimate of drug-likeness (QED) is 0.669. The highest BCUT2D eigenvalue weighted by atomic mass is 16.5. The Balaban J connectivity index is 2.60. The molecule has 2 aromatic rings. The summed E-state index contributed by atoms with van der Waals surface area (Å²) in [6.45, 7) is 6.58. The number of nitrogens with zero attached hydrogens (tertiary/aromatic N) is 2. The summed E-state index contributed by atoms with van der Waals surface area (Å²) >= 11 is 0. The van der Waals surface area contributed by atoms with Gasteiger partial charge in [-0.25, -0.2) is 5.43 Å². The Labute approximate surface area is 126 Å². The summed E-state index contributed by atoms with van der Waals surface area (Å²) in [6.07, 6.45) is 1.71. The van der Waals surface area contributed by atoms with Crippen LogP contribution in [-0.2, 0) is 12.5 Å². The van der Waals surface area contributed by atoms with Gasteiger partial charge in [0, 0.05) is 7.05 Å². The number of rotatable bonds is 4. The molecule has 0 aliphatic rings. The summed E-state index contributed by atoms with van der Waals surface area (Å²) in [5.74, 6) is 6.58. The molecule has 0 aliphatic heterocycles. The van der Waals surface area contributed by atoms with E-state index in [1.54, 1.807) is 18.0 Å². The van der Waals surface area contributed by atoms with Crippen LogP contribution in [0.5, 0.6) is 5.75 Å².